The third-order valence-electron chi connectivity index (χ3n) is 3.95. The van der Waals surface area contributed by atoms with Crippen LogP contribution in [-0.4, -0.2) is 10.9 Å². The maximum Gasteiger partial charge on any atom is 0.379 e. The quantitative estimate of drug-likeness (QED) is 0.554. The summed E-state index contributed by atoms with van der Waals surface area (Å²) < 4.78 is 11.1. The average molecular weight is 307 g/mol. The molecule has 3 atom stereocenters. The van der Waals surface area contributed by atoms with Gasteiger partial charge in [0.15, 0.2) is 0 Å². The molecule has 1 aromatic carbocycles. The number of para-hydroxylation sites is 1. The van der Waals surface area contributed by atoms with Gasteiger partial charge in [-0.15, -0.1) is 0 Å². The Bertz CT molecular complexity index is 691. The Balaban J connectivity index is 2.12. The minimum absolute atomic E-state index is 0.103. The molecule has 3 nitrogen and oxygen atoms in total. The Morgan fingerprint density at radius 3 is 2.94 bits per heavy atom. The van der Waals surface area contributed by atoms with Gasteiger partial charge in [-0.05, 0) is 18.9 Å². The molecule has 1 fully saturated rings. The Morgan fingerprint density at radius 2 is 2.06 bits per heavy atom. The number of rotatable bonds is 0. The van der Waals surface area contributed by atoms with Crippen molar-refractivity contribution in [3.63, 3.8) is 0 Å². The largest absolute Gasteiger partial charge is 0.482 e. The molecule has 1 unspecified atom stereocenters. The highest BCUT2D eigenvalue weighted by molar-refractivity contribution is 9.09. The van der Waals surface area contributed by atoms with E-state index in [1.807, 2.05) is 24.3 Å². The fourth-order valence-electron chi connectivity index (χ4n) is 3.14. The van der Waals surface area contributed by atoms with Crippen LogP contribution in [0.4, 0.5) is 0 Å². The van der Waals surface area contributed by atoms with Crippen molar-refractivity contribution < 1.29 is 9.15 Å². The summed E-state index contributed by atoms with van der Waals surface area (Å²) in [5.74, 6) is 0.782. The average Bonchev–Trinajstić information content (AvgIpc) is 2.62. The predicted octanol–water partition coefficient (Wildman–Crippen LogP) is 3.19. The van der Waals surface area contributed by atoms with E-state index in [-0.39, 0.29) is 11.7 Å². The van der Waals surface area contributed by atoms with Crippen molar-refractivity contribution in [3.8, 4) is 5.75 Å². The molecule has 2 bridgehead atoms. The summed E-state index contributed by atoms with van der Waals surface area (Å²) in [6, 6.07) is 7.68. The number of fused-ring (bicyclic) bond motifs is 6. The molecular formula is C14H11BrO3. The minimum atomic E-state index is -0.347. The van der Waals surface area contributed by atoms with Gasteiger partial charge in [-0.2, -0.15) is 0 Å². The molecule has 0 amide bonds. The van der Waals surface area contributed by atoms with Gasteiger partial charge in [0.25, 0.3) is 0 Å². The topological polar surface area (TPSA) is 39.4 Å². The molecule has 0 saturated heterocycles. The van der Waals surface area contributed by atoms with Crippen molar-refractivity contribution in [3.05, 3.63) is 40.2 Å². The lowest BCUT2D eigenvalue weighted by Gasteiger charge is -2.28. The van der Waals surface area contributed by atoms with Gasteiger partial charge in [-0.1, -0.05) is 34.1 Å². The molecule has 1 saturated carbocycles. The van der Waals surface area contributed by atoms with E-state index in [0.29, 0.717) is 22.1 Å². The number of hydrogen-bond donors (Lipinski definition) is 0. The molecule has 2 aromatic rings. The van der Waals surface area contributed by atoms with Gasteiger partial charge >= 0.3 is 5.63 Å². The van der Waals surface area contributed by atoms with Gasteiger partial charge < -0.3 is 9.15 Å². The zero-order chi connectivity index (χ0) is 12.3. The van der Waals surface area contributed by atoms with Crippen molar-refractivity contribution >= 4 is 26.9 Å². The SMILES string of the molecule is O=c1oc2ccccc2c2c1O[C@H]1CC[C@@H]2C1Br. The Labute approximate surface area is 112 Å². The fourth-order valence-corrected chi connectivity index (χ4v) is 4.04. The third-order valence-corrected chi connectivity index (χ3v) is 5.18. The van der Waals surface area contributed by atoms with Gasteiger partial charge in [0, 0.05) is 16.9 Å². The normalized spacial score (nSPS) is 29.1. The molecule has 0 N–H and O–H groups in total. The number of hydrogen-bond acceptors (Lipinski definition) is 3. The van der Waals surface area contributed by atoms with Crippen LogP contribution in [0.5, 0.6) is 5.75 Å². The summed E-state index contributed by atoms with van der Waals surface area (Å²) in [6.07, 6.45) is 2.15. The van der Waals surface area contributed by atoms with Crippen LogP contribution in [0, 0.1) is 0 Å². The van der Waals surface area contributed by atoms with E-state index < -0.39 is 0 Å². The van der Waals surface area contributed by atoms with E-state index in [4.69, 9.17) is 9.15 Å². The predicted molar refractivity (Wildman–Crippen MR) is 71.6 cm³/mol. The van der Waals surface area contributed by atoms with Crippen LogP contribution in [0.3, 0.4) is 0 Å². The summed E-state index contributed by atoms with van der Waals surface area (Å²) in [4.78, 5) is 12.3. The van der Waals surface area contributed by atoms with Gasteiger partial charge in [0.05, 0.1) is 4.83 Å². The fraction of sp³-hybridized carbons (Fsp3) is 0.357. The van der Waals surface area contributed by atoms with Crippen LogP contribution in [0.15, 0.2) is 33.5 Å². The molecular weight excluding hydrogens is 296 g/mol. The van der Waals surface area contributed by atoms with Gasteiger partial charge in [0.2, 0.25) is 5.75 Å². The van der Waals surface area contributed by atoms with Gasteiger partial charge in [0.1, 0.15) is 11.7 Å². The second-order valence-corrected chi connectivity index (χ2v) is 5.97. The lowest BCUT2D eigenvalue weighted by Crippen LogP contribution is -2.32. The number of halogens is 1. The molecule has 1 aliphatic carbocycles. The van der Waals surface area contributed by atoms with Crippen molar-refractivity contribution in [1.29, 1.82) is 0 Å². The first-order valence-corrected chi connectivity index (χ1v) is 7.04. The summed E-state index contributed by atoms with van der Waals surface area (Å²) >= 11 is 3.70. The molecule has 0 radical (unpaired) electrons. The maximum absolute atomic E-state index is 12.0. The molecule has 1 aliphatic heterocycles. The highest BCUT2D eigenvalue weighted by atomic mass is 79.9. The van der Waals surface area contributed by atoms with E-state index in [0.717, 1.165) is 23.8 Å². The first-order chi connectivity index (χ1) is 8.75. The molecule has 2 heterocycles. The van der Waals surface area contributed by atoms with Gasteiger partial charge in [-0.25, -0.2) is 4.79 Å². The second-order valence-electron chi connectivity index (χ2n) is 4.91. The van der Waals surface area contributed by atoms with E-state index in [2.05, 4.69) is 15.9 Å². The van der Waals surface area contributed by atoms with E-state index in [1.165, 1.54) is 0 Å². The zero-order valence-electron chi connectivity index (χ0n) is 9.56. The molecule has 0 spiro atoms. The van der Waals surface area contributed by atoms with Crippen LogP contribution in [0.2, 0.25) is 0 Å². The number of benzene rings is 1. The third kappa shape index (κ3) is 1.27. The second kappa shape index (κ2) is 3.60. The van der Waals surface area contributed by atoms with Gasteiger partial charge in [-0.3, -0.25) is 0 Å². The van der Waals surface area contributed by atoms with Crippen LogP contribution in [0.1, 0.15) is 24.3 Å². The number of alkyl halides is 1. The summed E-state index contributed by atoms with van der Waals surface area (Å²) in [5.41, 5.74) is 1.33. The summed E-state index contributed by atoms with van der Waals surface area (Å²) in [6.45, 7) is 0. The molecule has 4 heteroatoms. The lowest BCUT2D eigenvalue weighted by atomic mass is 9.92. The van der Waals surface area contributed by atoms with Crippen molar-refractivity contribution in [1.82, 2.24) is 0 Å². The van der Waals surface area contributed by atoms with Crippen LogP contribution in [0.25, 0.3) is 11.0 Å². The zero-order valence-corrected chi connectivity index (χ0v) is 11.1. The van der Waals surface area contributed by atoms with Crippen LogP contribution < -0.4 is 10.4 Å². The Morgan fingerprint density at radius 1 is 1.22 bits per heavy atom. The minimum Gasteiger partial charge on any atom is -0.482 e. The van der Waals surface area contributed by atoms with E-state index >= 15 is 0 Å². The van der Waals surface area contributed by atoms with Crippen molar-refractivity contribution in [2.45, 2.75) is 29.7 Å². The smallest absolute Gasteiger partial charge is 0.379 e. The first-order valence-electron chi connectivity index (χ1n) is 6.12. The van der Waals surface area contributed by atoms with Crippen molar-refractivity contribution in [2.75, 3.05) is 0 Å². The van der Waals surface area contributed by atoms with E-state index in [9.17, 15) is 4.79 Å². The summed E-state index contributed by atoms with van der Waals surface area (Å²) in [5, 5.41) is 1.00. The molecule has 1 aromatic heterocycles. The number of ether oxygens (including phenoxy) is 1. The Kier molecular flexibility index (Phi) is 2.13. The molecule has 18 heavy (non-hydrogen) atoms. The standard InChI is InChI=1S/C14H11BrO3/c15-12-8-5-6-10(12)17-13-11(8)7-3-1-2-4-9(7)18-14(13)16/h1-4,8,10,12H,5-6H2/t8-,10-,12?/m0/s1. The molecule has 92 valence electrons. The monoisotopic (exact) mass is 306 g/mol. The van der Waals surface area contributed by atoms with E-state index in [1.54, 1.807) is 0 Å². The van der Waals surface area contributed by atoms with Crippen LogP contribution >= 0.6 is 15.9 Å². The summed E-state index contributed by atoms with van der Waals surface area (Å²) in [7, 11) is 0. The van der Waals surface area contributed by atoms with Crippen molar-refractivity contribution in [2.24, 2.45) is 0 Å². The molecule has 2 aliphatic rings. The Hall–Kier alpha value is -1.29. The maximum atomic E-state index is 12.0. The molecule has 4 rings (SSSR count). The lowest BCUT2D eigenvalue weighted by molar-refractivity contribution is 0.193. The highest BCUT2D eigenvalue weighted by Crippen LogP contribution is 2.49. The van der Waals surface area contributed by atoms with Crippen LogP contribution in [-0.2, 0) is 0 Å². The first kappa shape index (κ1) is 10.6. The highest BCUT2D eigenvalue weighted by Gasteiger charge is 2.44.